The maximum Gasteiger partial charge on any atom is 0.355 e. The second-order valence-corrected chi connectivity index (χ2v) is 7.39. The minimum absolute atomic E-state index is 0.00399. The minimum atomic E-state index is -1.41. The zero-order chi connectivity index (χ0) is 22.6. The Hall–Kier alpha value is -2.87. The van der Waals surface area contributed by atoms with E-state index in [0.717, 1.165) is 0 Å². The molecule has 0 saturated heterocycles. The molecule has 0 aliphatic carbocycles. The summed E-state index contributed by atoms with van der Waals surface area (Å²) in [4.78, 5) is 26.5. The highest BCUT2D eigenvalue weighted by atomic mass is 35.5. The van der Waals surface area contributed by atoms with Gasteiger partial charge in [0.2, 0.25) is 0 Å². The maximum absolute atomic E-state index is 12.7. The number of ether oxygens (including phenoxy) is 3. The number of benzene rings is 2. The predicted molar refractivity (Wildman–Crippen MR) is 116 cm³/mol. The Bertz CT molecular complexity index is 1010. The van der Waals surface area contributed by atoms with E-state index >= 15 is 0 Å². The lowest BCUT2D eigenvalue weighted by Crippen LogP contribution is -2.40. The largest absolute Gasteiger partial charge is 0.466 e. The van der Waals surface area contributed by atoms with Gasteiger partial charge in [0.25, 0.3) is 0 Å². The average molecular weight is 446 g/mol. The molecule has 2 aromatic carbocycles. The molecule has 0 radical (unpaired) electrons. The Morgan fingerprint density at radius 2 is 1.81 bits per heavy atom. The third-order valence-corrected chi connectivity index (χ3v) is 5.53. The first kappa shape index (κ1) is 22.8. The average Bonchev–Trinajstić information content (AvgIpc) is 2.82. The van der Waals surface area contributed by atoms with Gasteiger partial charge in [-0.2, -0.15) is 0 Å². The topological polar surface area (TPSA) is 85.3 Å². The van der Waals surface area contributed by atoms with Crippen molar-refractivity contribution in [3.8, 4) is 0 Å². The van der Waals surface area contributed by atoms with E-state index < -0.39 is 17.5 Å². The summed E-state index contributed by atoms with van der Waals surface area (Å²) < 4.78 is 15.3. The van der Waals surface area contributed by atoms with E-state index in [2.05, 4.69) is 0 Å². The van der Waals surface area contributed by atoms with E-state index in [1.165, 1.54) is 19.1 Å². The number of hydrogen-bond acceptors (Lipinski definition) is 7. The first-order valence-electron chi connectivity index (χ1n) is 9.70. The van der Waals surface area contributed by atoms with Crippen molar-refractivity contribution in [2.24, 2.45) is 0 Å². The summed E-state index contributed by atoms with van der Waals surface area (Å²) in [6, 6.07) is 14.1. The van der Waals surface area contributed by atoms with Crippen LogP contribution in [0.3, 0.4) is 0 Å². The van der Waals surface area contributed by atoms with Gasteiger partial charge in [0.15, 0.2) is 0 Å². The van der Waals surface area contributed by atoms with Crippen molar-refractivity contribution in [3.63, 3.8) is 0 Å². The predicted octanol–water partition coefficient (Wildman–Crippen LogP) is 3.38. The monoisotopic (exact) mass is 445 g/mol. The minimum Gasteiger partial charge on any atom is -0.466 e. The normalized spacial score (nSPS) is 16.0. The van der Waals surface area contributed by atoms with Gasteiger partial charge in [-0.3, -0.25) is 0 Å². The molecule has 7 nitrogen and oxygen atoms in total. The number of esters is 2. The van der Waals surface area contributed by atoms with Gasteiger partial charge in [-0.15, -0.1) is 0 Å². The van der Waals surface area contributed by atoms with Gasteiger partial charge < -0.3 is 24.2 Å². The molecule has 8 heteroatoms. The summed E-state index contributed by atoms with van der Waals surface area (Å²) >= 11 is 6.30. The molecule has 1 heterocycles. The molecule has 2 aromatic rings. The van der Waals surface area contributed by atoms with Crippen molar-refractivity contribution in [1.82, 2.24) is 0 Å². The smallest absolute Gasteiger partial charge is 0.355 e. The summed E-state index contributed by atoms with van der Waals surface area (Å²) in [5.74, 6) is -1.42. The number of anilines is 1. The van der Waals surface area contributed by atoms with Crippen LogP contribution in [0.2, 0.25) is 5.02 Å². The fourth-order valence-corrected chi connectivity index (χ4v) is 3.84. The lowest BCUT2D eigenvalue weighted by molar-refractivity contribution is -0.140. The van der Waals surface area contributed by atoms with Gasteiger partial charge in [0.1, 0.15) is 18.0 Å². The van der Waals surface area contributed by atoms with Gasteiger partial charge in [0.05, 0.1) is 32.1 Å². The molecule has 1 unspecified atom stereocenters. The molecule has 0 fully saturated rings. The van der Waals surface area contributed by atoms with E-state index in [1.807, 2.05) is 37.3 Å². The molecule has 3 rings (SSSR count). The number of hydrogen-bond donors (Lipinski definition) is 1. The van der Waals surface area contributed by atoms with Gasteiger partial charge >= 0.3 is 11.9 Å². The fourth-order valence-electron chi connectivity index (χ4n) is 3.67. The Balaban J connectivity index is 2.26. The number of carbonyl (C=O) groups excluding carboxylic acids is 2. The van der Waals surface area contributed by atoms with E-state index in [-0.39, 0.29) is 24.6 Å². The molecule has 1 atom stereocenters. The summed E-state index contributed by atoms with van der Waals surface area (Å²) in [6.45, 7) is 1.71. The summed E-state index contributed by atoms with van der Waals surface area (Å²) in [5, 5.41) is 12.2. The van der Waals surface area contributed by atoms with Crippen LogP contribution in [0.1, 0.15) is 24.5 Å². The van der Waals surface area contributed by atoms with Gasteiger partial charge in [-0.05, 0) is 30.2 Å². The van der Waals surface area contributed by atoms with Crippen LogP contribution in [0, 0.1) is 0 Å². The number of halogens is 1. The number of nitrogens with zero attached hydrogens (tertiary/aromatic N) is 1. The maximum atomic E-state index is 12.7. The lowest BCUT2D eigenvalue weighted by atomic mass is 9.83. The van der Waals surface area contributed by atoms with Gasteiger partial charge in [-0.1, -0.05) is 48.9 Å². The Labute approximate surface area is 185 Å². The van der Waals surface area contributed by atoms with Crippen molar-refractivity contribution in [2.45, 2.75) is 18.9 Å². The summed E-state index contributed by atoms with van der Waals surface area (Å²) in [6.07, 6.45) is 0.334. The van der Waals surface area contributed by atoms with E-state index in [1.54, 1.807) is 18.2 Å². The number of carbonyl (C=O) groups is 2. The molecular weight excluding hydrogens is 422 g/mol. The third-order valence-electron chi connectivity index (χ3n) is 5.29. The van der Waals surface area contributed by atoms with Crippen LogP contribution < -0.4 is 4.90 Å². The van der Waals surface area contributed by atoms with Crippen molar-refractivity contribution in [3.05, 3.63) is 76.0 Å². The zero-order valence-corrected chi connectivity index (χ0v) is 18.3. The zero-order valence-electron chi connectivity index (χ0n) is 17.6. The van der Waals surface area contributed by atoms with Crippen LogP contribution in [0.5, 0.6) is 0 Å². The number of methoxy groups -OCH3 is 2. The molecule has 31 heavy (non-hydrogen) atoms. The highest BCUT2D eigenvalue weighted by molar-refractivity contribution is 6.30. The second kappa shape index (κ2) is 9.51. The highest BCUT2D eigenvalue weighted by Crippen LogP contribution is 2.42. The molecule has 1 aliphatic rings. The van der Waals surface area contributed by atoms with Crippen LogP contribution in [0.25, 0.3) is 0 Å². The number of rotatable bonds is 6. The van der Waals surface area contributed by atoms with Crippen LogP contribution in [0.15, 0.2) is 59.8 Å². The molecule has 0 aromatic heterocycles. The molecule has 0 saturated carbocycles. The van der Waals surface area contributed by atoms with E-state index in [0.29, 0.717) is 28.3 Å². The quantitative estimate of drug-likeness (QED) is 0.682. The Morgan fingerprint density at radius 3 is 2.42 bits per heavy atom. The molecule has 0 amide bonds. The molecular formula is C23H24ClNO6. The van der Waals surface area contributed by atoms with Crippen LogP contribution >= 0.6 is 11.6 Å². The van der Waals surface area contributed by atoms with Crippen molar-refractivity contribution < 1.29 is 28.9 Å². The fraction of sp³-hybridized carbons (Fsp3) is 0.304. The second-order valence-electron chi connectivity index (χ2n) is 6.96. The molecule has 0 spiro atoms. The standard InChI is InChI=1S/C23H24ClNO6/c1-4-23(28,15-8-6-5-7-9-15)18-12-16(24)10-11-19(18)25-14-31-13-17(21(26)29-2)20(25)22(27)30-3/h5-12,28H,4,13-14H2,1-3H3. The van der Waals surface area contributed by atoms with Crippen LogP contribution in [-0.4, -0.2) is 44.6 Å². The Kier molecular flexibility index (Phi) is 7.00. The molecule has 1 N–H and O–H groups in total. The van der Waals surface area contributed by atoms with Crippen molar-refractivity contribution >= 4 is 29.2 Å². The summed E-state index contributed by atoms with van der Waals surface area (Å²) in [7, 11) is 2.45. The first-order valence-corrected chi connectivity index (χ1v) is 10.1. The van der Waals surface area contributed by atoms with Crippen molar-refractivity contribution in [2.75, 3.05) is 32.5 Å². The Morgan fingerprint density at radius 1 is 1.13 bits per heavy atom. The lowest BCUT2D eigenvalue weighted by Gasteiger charge is -2.37. The highest BCUT2D eigenvalue weighted by Gasteiger charge is 2.38. The van der Waals surface area contributed by atoms with E-state index in [9.17, 15) is 14.7 Å². The van der Waals surface area contributed by atoms with Crippen LogP contribution in [-0.2, 0) is 29.4 Å². The SMILES string of the molecule is CCC(O)(c1ccccc1)c1cc(Cl)ccc1N1COCC(C(=O)OC)=C1C(=O)OC. The molecule has 0 bridgehead atoms. The third kappa shape index (κ3) is 4.30. The van der Waals surface area contributed by atoms with Gasteiger partial charge in [-0.25, -0.2) is 9.59 Å². The number of aliphatic hydroxyl groups is 1. The summed E-state index contributed by atoms with van der Waals surface area (Å²) in [5.41, 5.74) is 0.197. The van der Waals surface area contributed by atoms with E-state index in [4.69, 9.17) is 25.8 Å². The first-order chi connectivity index (χ1) is 14.9. The van der Waals surface area contributed by atoms with Crippen LogP contribution in [0.4, 0.5) is 5.69 Å². The molecule has 164 valence electrons. The molecule has 1 aliphatic heterocycles. The van der Waals surface area contributed by atoms with Gasteiger partial charge in [0, 0.05) is 10.6 Å². The van der Waals surface area contributed by atoms with Crippen molar-refractivity contribution in [1.29, 1.82) is 0 Å².